The molecule has 0 fully saturated rings. The topological polar surface area (TPSA) is 76.2 Å². The van der Waals surface area contributed by atoms with Gasteiger partial charge in [0, 0.05) is 26.9 Å². The fourth-order valence-electron chi connectivity index (χ4n) is 1.75. The van der Waals surface area contributed by atoms with Crippen molar-refractivity contribution in [2.24, 2.45) is 0 Å². The Morgan fingerprint density at radius 3 is 2.52 bits per heavy atom. The number of halogens is 2. The Morgan fingerprint density at radius 1 is 1.24 bits per heavy atom. The summed E-state index contributed by atoms with van der Waals surface area (Å²) in [6.45, 7) is 0.177. The second-order valence-corrected chi connectivity index (χ2v) is 5.08. The minimum atomic E-state index is -0.200. The molecule has 0 aromatic heterocycles. The molecule has 21 heavy (non-hydrogen) atoms. The van der Waals surface area contributed by atoms with Crippen LogP contribution in [0, 0.1) is 5.41 Å². The van der Waals surface area contributed by atoms with E-state index in [1.54, 1.807) is 30.3 Å². The molecule has 0 saturated heterocycles. The van der Waals surface area contributed by atoms with Crippen LogP contribution in [0.1, 0.15) is 11.1 Å². The fraction of sp³-hybridized carbons (Fsp3) is 0.0667. The molecule has 0 spiro atoms. The summed E-state index contributed by atoms with van der Waals surface area (Å²) in [5, 5.41) is 8.56. The van der Waals surface area contributed by atoms with E-state index in [1.165, 1.54) is 6.07 Å². The van der Waals surface area contributed by atoms with Gasteiger partial charge in [0.15, 0.2) is 6.29 Å². The third kappa shape index (κ3) is 3.54. The van der Waals surface area contributed by atoms with Crippen molar-refractivity contribution in [1.29, 1.82) is 5.41 Å². The van der Waals surface area contributed by atoms with Crippen LogP contribution in [0.25, 0.3) is 0 Å². The largest absolute Gasteiger partial charge is 0.489 e. The molecule has 0 aliphatic carbocycles. The first-order valence-electron chi connectivity index (χ1n) is 6.02. The Balaban J connectivity index is 2.21. The minimum absolute atomic E-state index is 0.177. The molecule has 4 nitrogen and oxygen atoms in total. The number of nitrogen functional groups attached to an aromatic ring is 1. The van der Waals surface area contributed by atoms with Crippen LogP contribution in [0.15, 0.2) is 36.4 Å². The Labute approximate surface area is 131 Å². The van der Waals surface area contributed by atoms with Gasteiger partial charge in [0.2, 0.25) is 0 Å². The molecule has 0 saturated carbocycles. The second kappa shape index (κ2) is 6.61. The zero-order valence-corrected chi connectivity index (χ0v) is 12.4. The van der Waals surface area contributed by atoms with Gasteiger partial charge in [-0.2, -0.15) is 0 Å². The number of rotatable bonds is 5. The molecule has 3 N–H and O–H groups in total. The fourth-order valence-corrected chi connectivity index (χ4v) is 2.25. The van der Waals surface area contributed by atoms with Crippen LogP contribution in [0.2, 0.25) is 10.0 Å². The summed E-state index contributed by atoms with van der Waals surface area (Å²) < 4.78 is 5.61. The van der Waals surface area contributed by atoms with E-state index in [2.05, 4.69) is 0 Å². The summed E-state index contributed by atoms with van der Waals surface area (Å²) in [6, 6.07) is 9.97. The molecular weight excluding hydrogens is 311 g/mol. The van der Waals surface area contributed by atoms with E-state index in [0.29, 0.717) is 38.9 Å². The quantitative estimate of drug-likeness (QED) is 0.500. The molecule has 0 aliphatic heterocycles. The average molecular weight is 323 g/mol. The van der Waals surface area contributed by atoms with Crippen molar-refractivity contribution in [3.63, 3.8) is 0 Å². The van der Waals surface area contributed by atoms with E-state index < -0.39 is 0 Å². The maximum absolute atomic E-state index is 10.7. The Kier molecular flexibility index (Phi) is 4.83. The molecule has 0 atom stereocenters. The van der Waals surface area contributed by atoms with Crippen molar-refractivity contribution in [2.45, 2.75) is 6.61 Å². The van der Waals surface area contributed by atoms with E-state index >= 15 is 0 Å². The van der Waals surface area contributed by atoms with Gasteiger partial charge in [-0.05, 0) is 30.3 Å². The van der Waals surface area contributed by atoms with Crippen molar-refractivity contribution >= 4 is 40.9 Å². The highest BCUT2D eigenvalue weighted by Gasteiger charge is 2.09. The molecule has 108 valence electrons. The molecule has 6 heteroatoms. The SMILES string of the molecule is N=C(C=O)c1cc(OCc2c(Cl)cccc2Cl)ccc1N. The summed E-state index contributed by atoms with van der Waals surface area (Å²) in [5.74, 6) is 0.474. The van der Waals surface area contributed by atoms with Crippen molar-refractivity contribution in [1.82, 2.24) is 0 Å². The number of anilines is 1. The van der Waals surface area contributed by atoms with E-state index in [4.69, 9.17) is 39.1 Å². The molecule has 0 amide bonds. The maximum Gasteiger partial charge on any atom is 0.168 e. The highest BCUT2D eigenvalue weighted by Crippen LogP contribution is 2.27. The lowest BCUT2D eigenvalue weighted by molar-refractivity contribution is -0.102. The van der Waals surface area contributed by atoms with Crippen LogP contribution in [-0.2, 0) is 11.4 Å². The van der Waals surface area contributed by atoms with Gasteiger partial charge >= 0.3 is 0 Å². The van der Waals surface area contributed by atoms with Crippen molar-refractivity contribution in [2.75, 3.05) is 5.73 Å². The van der Waals surface area contributed by atoms with E-state index in [1.807, 2.05) is 0 Å². The average Bonchev–Trinajstić information content (AvgIpc) is 2.47. The molecular formula is C15H12Cl2N2O2. The molecule has 0 unspecified atom stereocenters. The highest BCUT2D eigenvalue weighted by molar-refractivity contribution is 6.36. The van der Waals surface area contributed by atoms with Gasteiger partial charge in [0.25, 0.3) is 0 Å². The van der Waals surface area contributed by atoms with Crippen molar-refractivity contribution < 1.29 is 9.53 Å². The standard InChI is InChI=1S/C15H12Cl2N2O2/c16-12-2-1-3-13(17)11(12)8-21-9-4-5-14(18)10(6-9)15(19)7-20/h1-7,19H,8,18H2. The molecule has 0 heterocycles. The van der Waals surface area contributed by atoms with Gasteiger partial charge in [-0.15, -0.1) is 0 Å². The number of ether oxygens (including phenoxy) is 1. The van der Waals surface area contributed by atoms with Crippen LogP contribution in [0.3, 0.4) is 0 Å². The smallest absolute Gasteiger partial charge is 0.168 e. The number of aldehydes is 1. The Hall–Kier alpha value is -2.04. The first kappa shape index (κ1) is 15.4. The van der Waals surface area contributed by atoms with Crippen LogP contribution in [0.5, 0.6) is 5.75 Å². The molecule has 0 bridgehead atoms. The van der Waals surface area contributed by atoms with E-state index in [-0.39, 0.29) is 12.3 Å². The van der Waals surface area contributed by atoms with Gasteiger partial charge < -0.3 is 10.5 Å². The maximum atomic E-state index is 10.7. The number of nitrogens with one attached hydrogen (secondary N) is 1. The van der Waals surface area contributed by atoms with E-state index in [0.717, 1.165) is 0 Å². The lowest BCUT2D eigenvalue weighted by Gasteiger charge is -2.11. The summed E-state index contributed by atoms with van der Waals surface area (Å²) in [7, 11) is 0. The van der Waals surface area contributed by atoms with E-state index in [9.17, 15) is 4.79 Å². The molecule has 0 aliphatic rings. The zero-order valence-electron chi connectivity index (χ0n) is 10.9. The van der Waals surface area contributed by atoms with Crippen LogP contribution in [-0.4, -0.2) is 12.0 Å². The highest BCUT2D eigenvalue weighted by atomic mass is 35.5. The summed E-state index contributed by atoms with van der Waals surface area (Å²) in [5.41, 5.74) is 6.86. The summed E-state index contributed by atoms with van der Waals surface area (Å²) in [4.78, 5) is 10.7. The molecule has 2 rings (SSSR count). The monoisotopic (exact) mass is 322 g/mol. The third-order valence-corrected chi connectivity index (χ3v) is 3.59. The number of benzene rings is 2. The van der Waals surface area contributed by atoms with Crippen LogP contribution in [0.4, 0.5) is 5.69 Å². The lowest BCUT2D eigenvalue weighted by atomic mass is 10.1. The zero-order chi connectivity index (χ0) is 15.4. The Bertz CT molecular complexity index is 682. The first-order valence-corrected chi connectivity index (χ1v) is 6.78. The molecule has 2 aromatic carbocycles. The Morgan fingerprint density at radius 2 is 1.90 bits per heavy atom. The molecule has 2 aromatic rings. The summed E-state index contributed by atoms with van der Waals surface area (Å²) >= 11 is 12.1. The van der Waals surface area contributed by atoms with Gasteiger partial charge in [-0.3, -0.25) is 10.2 Å². The lowest BCUT2D eigenvalue weighted by Crippen LogP contribution is -2.06. The normalized spacial score (nSPS) is 10.2. The van der Waals surface area contributed by atoms with Gasteiger partial charge in [-0.1, -0.05) is 29.3 Å². The number of carbonyl (C=O) groups is 1. The number of hydrogen-bond donors (Lipinski definition) is 2. The van der Waals surface area contributed by atoms with Crippen LogP contribution >= 0.6 is 23.2 Å². The van der Waals surface area contributed by atoms with Crippen molar-refractivity contribution in [3.8, 4) is 5.75 Å². The van der Waals surface area contributed by atoms with Crippen LogP contribution < -0.4 is 10.5 Å². The molecule has 0 radical (unpaired) electrons. The first-order chi connectivity index (χ1) is 10.0. The number of nitrogens with two attached hydrogens (primary N) is 1. The number of hydrogen-bond acceptors (Lipinski definition) is 4. The van der Waals surface area contributed by atoms with Gasteiger partial charge in [-0.25, -0.2) is 0 Å². The minimum Gasteiger partial charge on any atom is -0.489 e. The predicted molar refractivity (Wildman–Crippen MR) is 84.5 cm³/mol. The number of carbonyl (C=O) groups excluding carboxylic acids is 1. The second-order valence-electron chi connectivity index (χ2n) is 4.27. The summed E-state index contributed by atoms with van der Waals surface area (Å²) in [6.07, 6.45) is 0.431. The van der Waals surface area contributed by atoms with Gasteiger partial charge in [0.05, 0.1) is 0 Å². The van der Waals surface area contributed by atoms with Crippen molar-refractivity contribution in [3.05, 3.63) is 57.6 Å². The van der Waals surface area contributed by atoms with Gasteiger partial charge in [0.1, 0.15) is 18.1 Å². The third-order valence-electron chi connectivity index (χ3n) is 2.88. The predicted octanol–water partition coefficient (Wildman–Crippen LogP) is 3.72.